The predicted octanol–water partition coefficient (Wildman–Crippen LogP) is 3.79. The minimum absolute atomic E-state index is 0.103. The van der Waals surface area contributed by atoms with Crippen LogP contribution >= 0.6 is 0 Å². The summed E-state index contributed by atoms with van der Waals surface area (Å²) in [5, 5.41) is 0. The lowest BCUT2D eigenvalue weighted by Crippen LogP contribution is -2.33. The number of rotatable bonds is 5. The maximum atomic E-state index is 12.7. The molecule has 0 fully saturated rings. The van der Waals surface area contributed by atoms with Crippen molar-refractivity contribution in [2.75, 3.05) is 11.4 Å². The smallest absolute Gasteiger partial charge is 0.369 e. The van der Waals surface area contributed by atoms with Crippen molar-refractivity contribution in [3.8, 4) is 0 Å². The van der Waals surface area contributed by atoms with Crippen molar-refractivity contribution in [3.05, 3.63) is 29.3 Å². The van der Waals surface area contributed by atoms with Crippen LogP contribution in [0.5, 0.6) is 0 Å². The van der Waals surface area contributed by atoms with Crippen molar-refractivity contribution in [2.45, 2.75) is 46.0 Å². The fraction of sp³-hybridized carbons (Fsp3) is 0.571. The molecule has 0 bridgehead atoms. The van der Waals surface area contributed by atoms with E-state index >= 15 is 0 Å². The maximum Gasteiger partial charge on any atom is 0.416 e. The van der Waals surface area contributed by atoms with Gasteiger partial charge in [-0.15, -0.1) is 0 Å². The van der Waals surface area contributed by atoms with Crippen molar-refractivity contribution >= 4 is 5.69 Å². The third kappa shape index (κ3) is 3.62. The minimum Gasteiger partial charge on any atom is -0.369 e. The lowest BCUT2D eigenvalue weighted by atomic mass is 10.1. The first-order valence-corrected chi connectivity index (χ1v) is 6.51. The molecule has 19 heavy (non-hydrogen) atoms. The standard InChI is InChI=1S/C14H21F3N2/c1-4-10(3)19(5-2)13-7-6-12(14(15,16)17)8-11(13)9-18/h6-8,10H,4-5,9,18H2,1-3H3. The Balaban J connectivity index is 3.21. The first-order valence-electron chi connectivity index (χ1n) is 6.51. The molecule has 1 aromatic rings. The van der Waals surface area contributed by atoms with Gasteiger partial charge in [-0.05, 0) is 44.0 Å². The molecule has 5 heteroatoms. The molecule has 1 rings (SSSR count). The third-order valence-electron chi connectivity index (χ3n) is 3.40. The summed E-state index contributed by atoms with van der Waals surface area (Å²) in [7, 11) is 0. The van der Waals surface area contributed by atoms with Crippen LogP contribution < -0.4 is 10.6 Å². The highest BCUT2D eigenvalue weighted by Crippen LogP contribution is 2.33. The van der Waals surface area contributed by atoms with E-state index in [0.29, 0.717) is 5.56 Å². The molecule has 0 radical (unpaired) electrons. The first kappa shape index (κ1) is 15.8. The van der Waals surface area contributed by atoms with E-state index in [1.165, 1.54) is 6.07 Å². The van der Waals surface area contributed by atoms with Crippen LogP contribution in [0.15, 0.2) is 18.2 Å². The zero-order valence-electron chi connectivity index (χ0n) is 11.6. The Labute approximate surface area is 112 Å². The Bertz CT molecular complexity index is 416. The lowest BCUT2D eigenvalue weighted by Gasteiger charge is -2.31. The zero-order valence-corrected chi connectivity index (χ0v) is 11.6. The van der Waals surface area contributed by atoms with Gasteiger partial charge in [-0.1, -0.05) is 6.92 Å². The topological polar surface area (TPSA) is 29.3 Å². The van der Waals surface area contributed by atoms with E-state index in [0.717, 1.165) is 30.8 Å². The number of anilines is 1. The monoisotopic (exact) mass is 274 g/mol. The van der Waals surface area contributed by atoms with Gasteiger partial charge in [-0.3, -0.25) is 0 Å². The number of nitrogens with zero attached hydrogens (tertiary/aromatic N) is 1. The average molecular weight is 274 g/mol. The number of nitrogens with two attached hydrogens (primary N) is 1. The average Bonchev–Trinajstić information content (AvgIpc) is 2.38. The molecular formula is C14H21F3N2. The van der Waals surface area contributed by atoms with Gasteiger partial charge in [0.2, 0.25) is 0 Å². The Morgan fingerprint density at radius 2 is 1.89 bits per heavy atom. The molecule has 0 heterocycles. The molecule has 0 aliphatic carbocycles. The first-order chi connectivity index (χ1) is 8.85. The second-order valence-electron chi connectivity index (χ2n) is 4.59. The van der Waals surface area contributed by atoms with Crippen LogP contribution in [-0.2, 0) is 12.7 Å². The summed E-state index contributed by atoms with van der Waals surface area (Å²) in [5.41, 5.74) is 6.30. The van der Waals surface area contributed by atoms with E-state index in [2.05, 4.69) is 18.7 Å². The third-order valence-corrected chi connectivity index (χ3v) is 3.40. The SMILES string of the molecule is CCC(C)N(CC)c1ccc(C(F)(F)F)cc1CN. The quantitative estimate of drug-likeness (QED) is 0.885. The van der Waals surface area contributed by atoms with Crippen molar-refractivity contribution in [3.63, 3.8) is 0 Å². The van der Waals surface area contributed by atoms with Crippen LogP contribution in [0.3, 0.4) is 0 Å². The van der Waals surface area contributed by atoms with Gasteiger partial charge >= 0.3 is 6.18 Å². The molecule has 0 spiro atoms. The normalized spacial score (nSPS) is 13.4. The largest absolute Gasteiger partial charge is 0.416 e. The van der Waals surface area contributed by atoms with Crippen LogP contribution in [0.4, 0.5) is 18.9 Å². The van der Waals surface area contributed by atoms with Crippen LogP contribution in [0, 0.1) is 0 Å². The van der Waals surface area contributed by atoms with Gasteiger partial charge in [0, 0.05) is 24.8 Å². The molecular weight excluding hydrogens is 253 g/mol. The number of hydrogen-bond acceptors (Lipinski definition) is 2. The molecule has 1 unspecified atom stereocenters. The fourth-order valence-corrected chi connectivity index (χ4v) is 2.15. The summed E-state index contributed by atoms with van der Waals surface area (Å²) in [5.74, 6) is 0. The van der Waals surface area contributed by atoms with Crippen LogP contribution in [0.1, 0.15) is 38.3 Å². The van der Waals surface area contributed by atoms with Gasteiger partial charge < -0.3 is 10.6 Å². The molecule has 108 valence electrons. The van der Waals surface area contributed by atoms with E-state index in [-0.39, 0.29) is 12.6 Å². The van der Waals surface area contributed by atoms with Crippen molar-refractivity contribution in [1.29, 1.82) is 0 Å². The minimum atomic E-state index is -4.32. The molecule has 1 atom stereocenters. The van der Waals surface area contributed by atoms with E-state index in [4.69, 9.17) is 5.73 Å². The van der Waals surface area contributed by atoms with E-state index in [9.17, 15) is 13.2 Å². The Morgan fingerprint density at radius 1 is 1.26 bits per heavy atom. The lowest BCUT2D eigenvalue weighted by molar-refractivity contribution is -0.137. The van der Waals surface area contributed by atoms with Gasteiger partial charge in [-0.2, -0.15) is 13.2 Å². The Kier molecular flexibility index (Phi) is 5.23. The molecule has 0 saturated heterocycles. The predicted molar refractivity (Wildman–Crippen MR) is 72.1 cm³/mol. The second kappa shape index (κ2) is 6.28. The summed E-state index contributed by atoms with van der Waals surface area (Å²) in [6, 6.07) is 4.08. The molecule has 0 aliphatic rings. The highest BCUT2D eigenvalue weighted by atomic mass is 19.4. The van der Waals surface area contributed by atoms with Gasteiger partial charge in [0.25, 0.3) is 0 Å². The highest BCUT2D eigenvalue weighted by Gasteiger charge is 2.31. The van der Waals surface area contributed by atoms with Crippen molar-refractivity contribution < 1.29 is 13.2 Å². The molecule has 0 saturated carbocycles. The van der Waals surface area contributed by atoms with Gasteiger partial charge in [0.1, 0.15) is 0 Å². The van der Waals surface area contributed by atoms with E-state index < -0.39 is 11.7 Å². The fourth-order valence-electron chi connectivity index (χ4n) is 2.15. The van der Waals surface area contributed by atoms with E-state index in [1.807, 2.05) is 6.92 Å². The van der Waals surface area contributed by atoms with Gasteiger partial charge in [0.15, 0.2) is 0 Å². The molecule has 2 N–H and O–H groups in total. The molecule has 0 aliphatic heterocycles. The van der Waals surface area contributed by atoms with Crippen molar-refractivity contribution in [2.24, 2.45) is 5.73 Å². The van der Waals surface area contributed by atoms with Crippen LogP contribution in [0.25, 0.3) is 0 Å². The number of hydrogen-bond donors (Lipinski definition) is 1. The zero-order chi connectivity index (χ0) is 14.6. The molecule has 0 aromatic heterocycles. The van der Waals surface area contributed by atoms with Crippen molar-refractivity contribution in [1.82, 2.24) is 0 Å². The highest BCUT2D eigenvalue weighted by molar-refractivity contribution is 5.56. The summed E-state index contributed by atoms with van der Waals surface area (Å²) in [4.78, 5) is 2.09. The second-order valence-corrected chi connectivity index (χ2v) is 4.59. The van der Waals surface area contributed by atoms with E-state index in [1.54, 1.807) is 0 Å². The Hall–Kier alpha value is -1.23. The summed E-state index contributed by atoms with van der Waals surface area (Å²) in [6.45, 7) is 6.95. The maximum absolute atomic E-state index is 12.7. The number of alkyl halides is 3. The van der Waals surface area contributed by atoms with Crippen LogP contribution in [0.2, 0.25) is 0 Å². The number of benzene rings is 1. The summed E-state index contributed by atoms with van der Waals surface area (Å²) < 4.78 is 38.1. The summed E-state index contributed by atoms with van der Waals surface area (Å²) >= 11 is 0. The molecule has 0 amide bonds. The molecule has 1 aromatic carbocycles. The molecule has 2 nitrogen and oxygen atoms in total. The number of halogens is 3. The summed E-state index contributed by atoms with van der Waals surface area (Å²) in [6.07, 6.45) is -3.39. The Morgan fingerprint density at radius 3 is 2.32 bits per heavy atom. The van der Waals surface area contributed by atoms with Gasteiger partial charge in [0.05, 0.1) is 5.56 Å². The van der Waals surface area contributed by atoms with Gasteiger partial charge in [-0.25, -0.2) is 0 Å². The van der Waals surface area contributed by atoms with Crippen LogP contribution in [-0.4, -0.2) is 12.6 Å².